The van der Waals surface area contributed by atoms with Crippen LogP contribution in [0, 0.1) is 0 Å². The highest BCUT2D eigenvalue weighted by Crippen LogP contribution is 2.13. The molecule has 1 atom stereocenters. The zero-order valence-corrected chi connectivity index (χ0v) is 6.06. The molecule has 5 nitrogen and oxygen atoms in total. The third-order valence-electron chi connectivity index (χ3n) is 1.55. The predicted octanol–water partition coefficient (Wildman–Crippen LogP) is 1.39. The van der Waals surface area contributed by atoms with Crippen LogP contribution in [0.15, 0.2) is 5.11 Å². The molecular formula is C6H9N3O2. The van der Waals surface area contributed by atoms with Gasteiger partial charge in [0, 0.05) is 11.3 Å². The molecule has 60 valence electrons. The lowest BCUT2D eigenvalue weighted by molar-refractivity contribution is -0.152. The standard InChI is InChI=1S/C6H9N3O2/c7-9-8-4-5-2-1-3-6(10)11-5/h5H,1-4H2. The fourth-order valence-electron chi connectivity index (χ4n) is 1.03. The summed E-state index contributed by atoms with van der Waals surface area (Å²) in [5.41, 5.74) is 7.98. The van der Waals surface area contributed by atoms with E-state index in [4.69, 9.17) is 10.3 Å². The number of cyclic esters (lactones) is 1. The fourth-order valence-corrected chi connectivity index (χ4v) is 1.03. The average Bonchev–Trinajstić information content (AvgIpc) is 2.01. The van der Waals surface area contributed by atoms with Gasteiger partial charge in [-0.15, -0.1) is 0 Å². The van der Waals surface area contributed by atoms with Crippen LogP contribution in [0.4, 0.5) is 0 Å². The Balaban J connectivity index is 2.33. The Hall–Kier alpha value is -1.22. The number of carbonyl (C=O) groups excluding carboxylic acids is 1. The van der Waals surface area contributed by atoms with Gasteiger partial charge in [-0.3, -0.25) is 4.79 Å². The van der Waals surface area contributed by atoms with Crippen molar-refractivity contribution in [2.75, 3.05) is 6.54 Å². The van der Waals surface area contributed by atoms with E-state index in [1.165, 1.54) is 0 Å². The molecule has 5 heteroatoms. The van der Waals surface area contributed by atoms with Gasteiger partial charge < -0.3 is 4.74 Å². The van der Waals surface area contributed by atoms with Crippen molar-refractivity contribution >= 4 is 5.97 Å². The van der Waals surface area contributed by atoms with Gasteiger partial charge >= 0.3 is 5.97 Å². The maximum absolute atomic E-state index is 10.7. The van der Waals surface area contributed by atoms with Crippen molar-refractivity contribution < 1.29 is 9.53 Å². The van der Waals surface area contributed by atoms with Crippen LogP contribution in [-0.2, 0) is 9.53 Å². The van der Waals surface area contributed by atoms with Crippen molar-refractivity contribution in [2.45, 2.75) is 25.4 Å². The lowest BCUT2D eigenvalue weighted by Gasteiger charge is -2.19. The number of rotatable bonds is 2. The number of azide groups is 1. The number of hydrogen-bond donors (Lipinski definition) is 0. The number of esters is 1. The molecular weight excluding hydrogens is 146 g/mol. The highest BCUT2D eigenvalue weighted by atomic mass is 16.5. The summed E-state index contributed by atoms with van der Waals surface area (Å²) >= 11 is 0. The molecule has 1 fully saturated rings. The maximum atomic E-state index is 10.7. The molecule has 1 rings (SSSR count). The first-order chi connectivity index (χ1) is 5.33. The summed E-state index contributed by atoms with van der Waals surface area (Å²) < 4.78 is 4.88. The van der Waals surface area contributed by atoms with Gasteiger partial charge in [-0.25, -0.2) is 0 Å². The predicted molar refractivity (Wildman–Crippen MR) is 37.7 cm³/mol. The molecule has 0 aromatic rings. The van der Waals surface area contributed by atoms with Crippen molar-refractivity contribution in [1.82, 2.24) is 0 Å². The van der Waals surface area contributed by atoms with E-state index in [1.807, 2.05) is 0 Å². The third-order valence-corrected chi connectivity index (χ3v) is 1.55. The van der Waals surface area contributed by atoms with Crippen LogP contribution in [0.25, 0.3) is 10.4 Å². The molecule has 1 saturated heterocycles. The minimum Gasteiger partial charge on any atom is -0.462 e. The van der Waals surface area contributed by atoms with Crippen molar-refractivity contribution in [2.24, 2.45) is 5.11 Å². The van der Waals surface area contributed by atoms with E-state index in [0.717, 1.165) is 12.8 Å². The van der Waals surface area contributed by atoms with Gasteiger partial charge in [-0.1, -0.05) is 5.11 Å². The molecule has 0 saturated carbocycles. The second kappa shape index (κ2) is 3.83. The molecule has 11 heavy (non-hydrogen) atoms. The summed E-state index contributed by atoms with van der Waals surface area (Å²) in [6.07, 6.45) is 1.95. The van der Waals surface area contributed by atoms with Crippen LogP contribution in [0.1, 0.15) is 19.3 Å². The molecule has 1 unspecified atom stereocenters. The molecule has 0 aliphatic carbocycles. The molecule has 0 aromatic heterocycles. The smallest absolute Gasteiger partial charge is 0.306 e. The first kappa shape index (κ1) is 7.88. The molecule has 0 aromatic carbocycles. The van der Waals surface area contributed by atoms with E-state index in [1.54, 1.807) is 0 Å². The van der Waals surface area contributed by atoms with Crippen molar-refractivity contribution in [3.05, 3.63) is 10.4 Å². The normalized spacial score (nSPS) is 23.6. The highest BCUT2D eigenvalue weighted by Gasteiger charge is 2.18. The number of ether oxygens (including phenoxy) is 1. The molecule has 0 amide bonds. The fraction of sp³-hybridized carbons (Fsp3) is 0.833. The first-order valence-corrected chi connectivity index (χ1v) is 3.53. The molecule has 1 aliphatic heterocycles. The van der Waals surface area contributed by atoms with E-state index in [2.05, 4.69) is 10.0 Å². The number of carbonyl (C=O) groups is 1. The minimum absolute atomic E-state index is 0.186. The van der Waals surface area contributed by atoms with Crippen molar-refractivity contribution in [3.63, 3.8) is 0 Å². The summed E-state index contributed by atoms with van der Waals surface area (Å²) in [6.45, 7) is 0.266. The van der Waals surface area contributed by atoms with Crippen LogP contribution in [0.5, 0.6) is 0 Å². The Morgan fingerprint density at radius 3 is 3.27 bits per heavy atom. The van der Waals surface area contributed by atoms with Gasteiger partial charge in [-0.05, 0) is 18.4 Å². The quantitative estimate of drug-likeness (QED) is 0.261. The summed E-state index contributed by atoms with van der Waals surface area (Å²) in [7, 11) is 0. The molecule has 1 heterocycles. The Morgan fingerprint density at radius 2 is 2.64 bits per heavy atom. The van der Waals surface area contributed by atoms with Gasteiger partial charge in [0.2, 0.25) is 0 Å². The van der Waals surface area contributed by atoms with Gasteiger partial charge in [0.15, 0.2) is 0 Å². The summed E-state index contributed by atoms with van der Waals surface area (Å²) in [5, 5.41) is 3.33. The minimum atomic E-state index is -0.188. The van der Waals surface area contributed by atoms with Gasteiger partial charge in [-0.2, -0.15) is 0 Å². The summed E-state index contributed by atoms with van der Waals surface area (Å²) in [4.78, 5) is 13.3. The van der Waals surface area contributed by atoms with Crippen molar-refractivity contribution in [3.8, 4) is 0 Å². The van der Waals surface area contributed by atoms with E-state index in [-0.39, 0.29) is 18.6 Å². The summed E-state index contributed by atoms with van der Waals surface area (Å²) in [6, 6.07) is 0. The Labute approximate surface area is 64.0 Å². The van der Waals surface area contributed by atoms with Crippen molar-refractivity contribution in [1.29, 1.82) is 0 Å². The first-order valence-electron chi connectivity index (χ1n) is 3.53. The zero-order valence-electron chi connectivity index (χ0n) is 6.06. The molecule has 0 spiro atoms. The Morgan fingerprint density at radius 1 is 1.82 bits per heavy atom. The zero-order chi connectivity index (χ0) is 8.10. The number of nitrogens with zero attached hydrogens (tertiary/aromatic N) is 3. The lowest BCUT2D eigenvalue weighted by atomic mass is 10.1. The molecule has 0 bridgehead atoms. The highest BCUT2D eigenvalue weighted by molar-refractivity contribution is 5.70. The van der Waals surface area contributed by atoms with E-state index in [0.29, 0.717) is 6.42 Å². The maximum Gasteiger partial charge on any atom is 0.306 e. The Kier molecular flexibility index (Phi) is 2.74. The van der Waals surface area contributed by atoms with Crippen LogP contribution in [0.2, 0.25) is 0 Å². The lowest BCUT2D eigenvalue weighted by Crippen LogP contribution is -2.25. The average molecular weight is 155 g/mol. The number of hydrogen-bond acceptors (Lipinski definition) is 3. The molecule has 1 aliphatic rings. The van der Waals surface area contributed by atoms with Gasteiger partial charge in [0.1, 0.15) is 6.10 Å². The summed E-state index contributed by atoms with van der Waals surface area (Å²) in [5.74, 6) is -0.186. The van der Waals surface area contributed by atoms with Gasteiger partial charge in [0.25, 0.3) is 0 Å². The second-order valence-electron chi connectivity index (χ2n) is 2.42. The largest absolute Gasteiger partial charge is 0.462 e. The van der Waals surface area contributed by atoms with Gasteiger partial charge in [0.05, 0.1) is 6.54 Å². The Bertz CT molecular complexity index is 196. The topological polar surface area (TPSA) is 75.1 Å². The van der Waals surface area contributed by atoms with E-state index >= 15 is 0 Å². The van der Waals surface area contributed by atoms with E-state index in [9.17, 15) is 4.79 Å². The van der Waals surface area contributed by atoms with Crippen LogP contribution in [0.3, 0.4) is 0 Å². The monoisotopic (exact) mass is 155 g/mol. The van der Waals surface area contributed by atoms with E-state index < -0.39 is 0 Å². The molecule has 0 radical (unpaired) electrons. The van der Waals surface area contributed by atoms with Crippen LogP contribution < -0.4 is 0 Å². The third kappa shape index (κ3) is 2.47. The second-order valence-corrected chi connectivity index (χ2v) is 2.42. The molecule has 0 N–H and O–H groups in total. The SMILES string of the molecule is [N-]=[N+]=NCC1CCCC(=O)O1. The van der Waals surface area contributed by atoms with Crippen LogP contribution in [-0.4, -0.2) is 18.6 Å². The van der Waals surface area contributed by atoms with Crippen LogP contribution >= 0.6 is 0 Å².